The van der Waals surface area contributed by atoms with Crippen molar-refractivity contribution in [3.63, 3.8) is 0 Å². The molecule has 0 aromatic heterocycles. The zero-order valence-corrected chi connectivity index (χ0v) is 24.9. The topological polar surface area (TPSA) is 93.1 Å². The molecule has 7 nitrogen and oxygen atoms in total. The second kappa shape index (κ2) is 10.8. The molecule has 3 aromatic carbocycles. The molecule has 3 heterocycles. The van der Waals surface area contributed by atoms with E-state index in [-0.39, 0.29) is 28.1 Å². The summed E-state index contributed by atoms with van der Waals surface area (Å²) in [7, 11) is 0. The Morgan fingerprint density at radius 3 is 2.51 bits per heavy atom. The van der Waals surface area contributed by atoms with Gasteiger partial charge in [-0.25, -0.2) is 9.18 Å². The van der Waals surface area contributed by atoms with Gasteiger partial charge in [0.15, 0.2) is 0 Å². The van der Waals surface area contributed by atoms with Crippen molar-refractivity contribution >= 4 is 46.5 Å². The number of aliphatic hydroxyl groups excluding tert-OH is 1. The number of rotatable bonds is 5. The summed E-state index contributed by atoms with van der Waals surface area (Å²) in [5, 5.41) is 25.0. The largest absolute Gasteiger partial charge is 0.478 e. The third kappa shape index (κ3) is 4.37. The Hall–Kier alpha value is -3.17. The minimum absolute atomic E-state index is 0.0433. The number of benzene rings is 3. The van der Waals surface area contributed by atoms with Gasteiger partial charge in [0, 0.05) is 52.9 Å². The summed E-state index contributed by atoms with van der Waals surface area (Å²) >= 11 is 12.7. The molecule has 1 spiro atoms. The molecule has 224 valence electrons. The zero-order valence-electron chi connectivity index (χ0n) is 23.3. The molecule has 43 heavy (non-hydrogen) atoms. The minimum atomic E-state index is -1.29. The van der Waals surface area contributed by atoms with Crippen LogP contribution in [-0.2, 0) is 10.3 Å². The van der Waals surface area contributed by atoms with Crippen molar-refractivity contribution in [3.8, 4) is 0 Å². The monoisotopic (exact) mass is 623 g/mol. The van der Waals surface area contributed by atoms with Gasteiger partial charge in [-0.3, -0.25) is 9.69 Å². The Labute approximate surface area is 259 Å². The molecular weight excluding hydrogens is 592 g/mol. The Kier molecular flexibility index (Phi) is 7.16. The summed E-state index contributed by atoms with van der Waals surface area (Å²) in [6, 6.07) is 16.3. The van der Waals surface area contributed by atoms with E-state index >= 15 is 4.39 Å². The quantitative estimate of drug-likeness (QED) is 0.301. The van der Waals surface area contributed by atoms with Crippen LogP contribution in [0.15, 0.2) is 60.7 Å². The van der Waals surface area contributed by atoms with E-state index in [1.165, 1.54) is 24.6 Å². The first-order valence-electron chi connectivity index (χ1n) is 14.8. The zero-order chi connectivity index (χ0) is 30.0. The summed E-state index contributed by atoms with van der Waals surface area (Å²) < 4.78 is 16.1. The maximum atomic E-state index is 16.1. The van der Waals surface area contributed by atoms with Gasteiger partial charge >= 0.3 is 5.97 Å². The third-order valence-electron chi connectivity index (χ3n) is 10.1. The molecular formula is C33H32Cl2FN3O4. The Bertz CT molecular complexity index is 1600. The standard InChI is InChI=1S/C33H32Cl2FN3O4/c34-20-11-14-23-25(15-20)37-32(43)33(23)28(22-7-4-8-24(35)29(22)36)27-26(39(33)16-18-5-2-1-3-6-18)17-38(30(27)40)21-12-9-19(10-13-21)31(41)42/h4,7-15,18,26-28,30,40H,1-3,5-6,16-17H2,(H,37,43)(H,41,42)/t26-,27+,28?,30?,33+/m1/s1. The lowest BCUT2D eigenvalue weighted by atomic mass is 9.71. The maximum Gasteiger partial charge on any atom is 0.335 e. The molecule has 3 aromatic rings. The van der Waals surface area contributed by atoms with Gasteiger partial charge in [0.05, 0.1) is 10.6 Å². The molecule has 0 bridgehead atoms. The smallest absolute Gasteiger partial charge is 0.335 e. The fourth-order valence-electron chi connectivity index (χ4n) is 8.32. The fraction of sp³-hybridized carbons (Fsp3) is 0.394. The first-order chi connectivity index (χ1) is 20.7. The van der Waals surface area contributed by atoms with Crippen molar-refractivity contribution in [1.82, 2.24) is 4.90 Å². The predicted octanol–water partition coefficient (Wildman–Crippen LogP) is 6.48. The van der Waals surface area contributed by atoms with Crippen molar-refractivity contribution in [2.75, 3.05) is 23.3 Å². The second-order valence-corrected chi connectivity index (χ2v) is 13.1. The number of fused-ring (bicyclic) bond motifs is 3. The number of anilines is 2. The van der Waals surface area contributed by atoms with Gasteiger partial charge in [-0.2, -0.15) is 0 Å². The van der Waals surface area contributed by atoms with Crippen LogP contribution in [-0.4, -0.2) is 52.3 Å². The molecule has 1 aliphatic carbocycles. The molecule has 3 fully saturated rings. The lowest BCUT2D eigenvalue weighted by molar-refractivity contribution is -0.128. The Morgan fingerprint density at radius 1 is 1.05 bits per heavy atom. The number of hydrogen-bond acceptors (Lipinski definition) is 5. The summed E-state index contributed by atoms with van der Waals surface area (Å²) in [6.45, 7) is 0.995. The maximum absolute atomic E-state index is 16.1. The highest BCUT2D eigenvalue weighted by Crippen LogP contribution is 2.63. The summed E-state index contributed by atoms with van der Waals surface area (Å²) in [6.07, 6.45) is 4.42. The fourth-order valence-corrected chi connectivity index (χ4v) is 8.67. The highest BCUT2D eigenvalue weighted by atomic mass is 35.5. The molecule has 1 saturated carbocycles. The van der Waals surface area contributed by atoms with Gasteiger partial charge in [-0.05, 0) is 66.8 Å². The van der Waals surface area contributed by atoms with Crippen LogP contribution in [0.1, 0.15) is 59.5 Å². The van der Waals surface area contributed by atoms with E-state index in [9.17, 15) is 19.8 Å². The number of likely N-dealkylation sites (tertiary alicyclic amines) is 1. The highest BCUT2D eigenvalue weighted by Gasteiger charge is 2.70. The molecule has 1 amide bonds. The molecule has 3 N–H and O–H groups in total. The van der Waals surface area contributed by atoms with Crippen LogP contribution in [0.25, 0.3) is 0 Å². The number of aliphatic hydroxyl groups is 1. The molecule has 2 unspecified atom stereocenters. The molecule has 4 aliphatic rings. The van der Waals surface area contributed by atoms with Gasteiger partial charge in [0.1, 0.15) is 17.6 Å². The van der Waals surface area contributed by atoms with Crippen molar-refractivity contribution in [1.29, 1.82) is 0 Å². The first kappa shape index (κ1) is 28.6. The Balaban J connectivity index is 1.42. The van der Waals surface area contributed by atoms with Crippen molar-refractivity contribution in [2.45, 2.75) is 55.8 Å². The van der Waals surface area contributed by atoms with Crippen molar-refractivity contribution in [3.05, 3.63) is 93.2 Å². The first-order valence-corrected chi connectivity index (χ1v) is 15.6. The SMILES string of the molecule is O=C(O)c1ccc(N2C[C@@H]3[C@H](C2O)C(c2cccc(Cl)c2F)[C@@]2(C(=O)Nc4cc(Cl)ccc42)N3CC2CCCCC2)cc1. The van der Waals surface area contributed by atoms with E-state index in [1.54, 1.807) is 36.4 Å². The van der Waals surface area contributed by atoms with Crippen LogP contribution in [0, 0.1) is 17.7 Å². The number of carbonyl (C=O) groups excluding carboxylic acids is 1. The van der Waals surface area contributed by atoms with Crippen LogP contribution >= 0.6 is 23.2 Å². The van der Waals surface area contributed by atoms with Crippen LogP contribution in [0.5, 0.6) is 0 Å². The Morgan fingerprint density at radius 2 is 1.79 bits per heavy atom. The number of carboxylic acid groups (broad SMARTS) is 1. The number of carboxylic acids is 1. The number of nitrogens with zero attached hydrogens (tertiary/aromatic N) is 2. The number of aromatic carboxylic acids is 1. The molecule has 10 heteroatoms. The van der Waals surface area contributed by atoms with Crippen LogP contribution in [0.3, 0.4) is 0 Å². The second-order valence-electron chi connectivity index (χ2n) is 12.3. The predicted molar refractivity (Wildman–Crippen MR) is 163 cm³/mol. The summed E-state index contributed by atoms with van der Waals surface area (Å²) in [5.74, 6) is -2.89. The minimum Gasteiger partial charge on any atom is -0.478 e. The van der Waals surface area contributed by atoms with Crippen LogP contribution in [0.4, 0.5) is 15.8 Å². The normalized spacial score (nSPS) is 28.7. The van der Waals surface area contributed by atoms with E-state index in [0.29, 0.717) is 35.4 Å². The lowest BCUT2D eigenvalue weighted by Crippen LogP contribution is -2.55. The number of nitrogens with one attached hydrogen (secondary N) is 1. The summed E-state index contributed by atoms with van der Waals surface area (Å²) in [5.41, 5.74) is 1.11. The van der Waals surface area contributed by atoms with Crippen molar-refractivity contribution in [2.24, 2.45) is 11.8 Å². The van der Waals surface area contributed by atoms with Gasteiger partial charge < -0.3 is 20.4 Å². The third-order valence-corrected chi connectivity index (χ3v) is 10.6. The van der Waals surface area contributed by atoms with E-state index in [2.05, 4.69) is 10.2 Å². The van der Waals surface area contributed by atoms with E-state index < -0.39 is 35.4 Å². The van der Waals surface area contributed by atoms with Gasteiger partial charge in [-0.1, -0.05) is 60.7 Å². The van der Waals surface area contributed by atoms with Gasteiger partial charge in [0.2, 0.25) is 5.91 Å². The number of carbonyl (C=O) groups is 2. The van der Waals surface area contributed by atoms with Crippen LogP contribution < -0.4 is 10.2 Å². The van der Waals surface area contributed by atoms with E-state index in [1.807, 2.05) is 11.0 Å². The average molecular weight is 625 g/mol. The molecule has 0 radical (unpaired) electrons. The molecule has 2 saturated heterocycles. The molecule has 7 rings (SSSR count). The highest BCUT2D eigenvalue weighted by molar-refractivity contribution is 6.31. The lowest BCUT2D eigenvalue weighted by Gasteiger charge is -2.43. The molecule has 5 atom stereocenters. The number of amides is 1. The number of hydrogen-bond donors (Lipinski definition) is 3. The summed E-state index contributed by atoms with van der Waals surface area (Å²) in [4.78, 5) is 30.0. The average Bonchev–Trinajstić information content (AvgIpc) is 3.58. The van der Waals surface area contributed by atoms with Crippen LogP contribution in [0.2, 0.25) is 10.0 Å². The van der Waals surface area contributed by atoms with Gasteiger partial charge in [-0.15, -0.1) is 0 Å². The van der Waals surface area contributed by atoms with Gasteiger partial charge in [0.25, 0.3) is 0 Å². The number of halogens is 3. The molecule has 3 aliphatic heterocycles. The van der Waals surface area contributed by atoms with E-state index in [4.69, 9.17) is 23.2 Å². The van der Waals surface area contributed by atoms with E-state index in [0.717, 1.165) is 31.2 Å². The van der Waals surface area contributed by atoms with Crippen molar-refractivity contribution < 1.29 is 24.2 Å².